The second-order valence-corrected chi connectivity index (χ2v) is 14.7. The molecule has 6 heteroatoms. The number of fused-ring (bicyclic) bond motifs is 1. The van der Waals surface area contributed by atoms with Gasteiger partial charge in [0.05, 0.1) is 12.3 Å². The summed E-state index contributed by atoms with van der Waals surface area (Å²) in [6.07, 6.45) is 7.22. The number of hydrogen-bond donors (Lipinski definition) is 0. The number of amides is 1. The Hall–Kier alpha value is -1.56. The average Bonchev–Trinajstić information content (AvgIpc) is 3.04. The zero-order valence-electron chi connectivity index (χ0n) is 18.0. The van der Waals surface area contributed by atoms with Crippen LogP contribution in [-0.2, 0) is 14.0 Å². The zero-order chi connectivity index (χ0) is 20.7. The molecular formula is C22H35NO4Si. The number of hydrogen-bond acceptors (Lipinski definition) is 4. The molecule has 2 aliphatic carbocycles. The summed E-state index contributed by atoms with van der Waals surface area (Å²) in [6, 6.07) is 0. The first-order valence-electron chi connectivity index (χ1n) is 10.6. The van der Waals surface area contributed by atoms with E-state index in [1.807, 2.05) is 0 Å². The second kappa shape index (κ2) is 7.69. The Bertz CT molecular complexity index is 679. The lowest BCUT2D eigenvalue weighted by atomic mass is 9.63. The predicted octanol–water partition coefficient (Wildman–Crippen LogP) is 5.11. The zero-order valence-corrected chi connectivity index (χ0v) is 19.0. The summed E-state index contributed by atoms with van der Waals surface area (Å²) in [5.41, 5.74) is 1.02. The molecule has 4 atom stereocenters. The Labute approximate surface area is 170 Å². The molecule has 3 aliphatic rings. The van der Waals surface area contributed by atoms with E-state index < -0.39 is 8.32 Å². The van der Waals surface area contributed by atoms with Crippen molar-refractivity contribution in [3.8, 4) is 0 Å². The third kappa shape index (κ3) is 3.80. The highest BCUT2D eigenvalue weighted by Crippen LogP contribution is 2.49. The number of allylic oxidation sites excluding steroid dienone is 2. The molecule has 0 bridgehead atoms. The van der Waals surface area contributed by atoms with Gasteiger partial charge in [-0.2, -0.15) is 0 Å². The third-order valence-corrected chi connectivity index (χ3v) is 11.6. The number of rotatable bonds is 5. The van der Waals surface area contributed by atoms with Crippen molar-refractivity contribution in [2.45, 2.75) is 64.6 Å². The summed E-state index contributed by atoms with van der Waals surface area (Å²) in [5, 5.41) is 0.0555. The van der Waals surface area contributed by atoms with E-state index in [4.69, 9.17) is 9.16 Å². The molecule has 1 amide bonds. The van der Waals surface area contributed by atoms with Crippen LogP contribution < -0.4 is 0 Å². The summed E-state index contributed by atoms with van der Waals surface area (Å²) in [6.45, 7) is 16.3. The molecule has 0 aromatic heterocycles. The number of nitrogens with zero attached hydrogens (tertiary/aromatic N) is 1. The van der Waals surface area contributed by atoms with Crippen molar-refractivity contribution in [3.05, 3.63) is 24.1 Å². The Balaban J connectivity index is 1.96. The van der Waals surface area contributed by atoms with Gasteiger partial charge in [0.25, 0.3) is 0 Å². The molecular weight excluding hydrogens is 370 g/mol. The monoisotopic (exact) mass is 405 g/mol. The molecule has 1 saturated carbocycles. The van der Waals surface area contributed by atoms with E-state index in [-0.39, 0.29) is 34.8 Å². The molecule has 156 valence electrons. The van der Waals surface area contributed by atoms with E-state index in [1.165, 1.54) is 0 Å². The predicted molar refractivity (Wildman–Crippen MR) is 112 cm³/mol. The molecule has 0 aromatic rings. The first-order valence-corrected chi connectivity index (χ1v) is 13.5. The maximum absolute atomic E-state index is 12.3. The number of carbonyl (C=O) groups is 2. The van der Waals surface area contributed by atoms with Crippen LogP contribution in [0.2, 0.25) is 18.1 Å². The average molecular weight is 406 g/mol. The normalized spacial score (nSPS) is 31.0. The molecule has 1 saturated heterocycles. The van der Waals surface area contributed by atoms with E-state index in [2.05, 4.69) is 46.5 Å². The van der Waals surface area contributed by atoms with Crippen LogP contribution in [-0.4, -0.2) is 38.7 Å². The van der Waals surface area contributed by atoms with Crippen LogP contribution >= 0.6 is 0 Å². The van der Waals surface area contributed by atoms with Gasteiger partial charge in [-0.3, -0.25) is 4.90 Å². The van der Waals surface area contributed by atoms with Crippen LogP contribution in [0.15, 0.2) is 24.1 Å². The fourth-order valence-corrected chi connectivity index (χ4v) is 5.73. The minimum atomic E-state index is -2.05. The molecule has 1 aliphatic heterocycles. The Morgan fingerprint density at radius 1 is 1.32 bits per heavy atom. The fourth-order valence-electron chi connectivity index (χ4n) is 4.63. The van der Waals surface area contributed by atoms with Gasteiger partial charge in [-0.25, -0.2) is 4.79 Å². The van der Waals surface area contributed by atoms with Crippen molar-refractivity contribution in [2.24, 2.45) is 23.7 Å². The molecule has 3 rings (SSSR count). The van der Waals surface area contributed by atoms with E-state index in [0.717, 1.165) is 37.7 Å². The summed E-state index contributed by atoms with van der Waals surface area (Å²) in [5.74, 6) is 0.841. The van der Waals surface area contributed by atoms with Gasteiger partial charge < -0.3 is 14.0 Å². The molecule has 1 unspecified atom stereocenters. The van der Waals surface area contributed by atoms with Crippen molar-refractivity contribution in [3.63, 3.8) is 0 Å². The van der Waals surface area contributed by atoms with Crippen LogP contribution in [0.4, 0.5) is 4.79 Å². The fraction of sp³-hybridized carbons (Fsp3) is 0.727. The third-order valence-electron chi connectivity index (χ3n) is 7.25. The second-order valence-electron chi connectivity index (χ2n) is 9.98. The highest BCUT2D eigenvalue weighted by atomic mass is 28.4. The minimum Gasteiger partial charge on any atom is -0.546 e. The Morgan fingerprint density at radius 2 is 2.00 bits per heavy atom. The van der Waals surface area contributed by atoms with E-state index in [9.17, 15) is 9.59 Å². The lowest BCUT2D eigenvalue weighted by molar-refractivity contribution is -0.115. The Morgan fingerprint density at radius 3 is 2.57 bits per heavy atom. The minimum absolute atomic E-state index is 0.0555. The lowest BCUT2D eigenvalue weighted by Crippen LogP contribution is -2.45. The van der Waals surface area contributed by atoms with Crippen LogP contribution in [0.3, 0.4) is 0 Å². The summed E-state index contributed by atoms with van der Waals surface area (Å²) in [4.78, 5) is 26.2. The summed E-state index contributed by atoms with van der Waals surface area (Å²) < 4.78 is 11.7. The van der Waals surface area contributed by atoms with Crippen LogP contribution in [0.25, 0.3) is 0 Å². The molecule has 2 fully saturated rings. The molecule has 1 heterocycles. The number of ether oxygens (including phenoxy) is 1. The van der Waals surface area contributed by atoms with Gasteiger partial charge in [0.15, 0.2) is 0 Å². The highest BCUT2D eigenvalue weighted by molar-refractivity contribution is 6.74. The number of aldehydes is 1. The first-order chi connectivity index (χ1) is 13.1. The largest absolute Gasteiger partial charge is 0.546 e. The van der Waals surface area contributed by atoms with Crippen LogP contribution in [0.5, 0.6) is 0 Å². The van der Waals surface area contributed by atoms with Gasteiger partial charge in [0.1, 0.15) is 12.9 Å². The van der Waals surface area contributed by atoms with Gasteiger partial charge >= 0.3 is 6.09 Å². The molecule has 0 spiro atoms. The van der Waals surface area contributed by atoms with Crippen molar-refractivity contribution in [1.29, 1.82) is 0 Å². The smallest absolute Gasteiger partial charge is 0.414 e. The van der Waals surface area contributed by atoms with E-state index >= 15 is 0 Å². The van der Waals surface area contributed by atoms with Crippen molar-refractivity contribution >= 4 is 20.7 Å². The van der Waals surface area contributed by atoms with E-state index in [0.29, 0.717) is 18.9 Å². The van der Waals surface area contributed by atoms with Crippen molar-refractivity contribution in [2.75, 3.05) is 13.2 Å². The highest BCUT2D eigenvalue weighted by Gasteiger charge is 2.47. The van der Waals surface area contributed by atoms with E-state index in [1.54, 1.807) is 4.90 Å². The lowest BCUT2D eigenvalue weighted by Gasteiger charge is -2.46. The number of carbonyl (C=O) groups excluding carboxylic acids is 2. The quantitative estimate of drug-likeness (QED) is 0.362. The van der Waals surface area contributed by atoms with Gasteiger partial charge in [0.2, 0.25) is 8.32 Å². The van der Waals surface area contributed by atoms with Crippen LogP contribution in [0, 0.1) is 23.7 Å². The van der Waals surface area contributed by atoms with Crippen molar-refractivity contribution in [1.82, 2.24) is 4.90 Å². The SMILES string of the molecule is C=C(O[Si](C)(C)C(C)(C)C)C1C=C(N2CCOC2=O)[C@@H]2CCCC[C@H]2[C@@H]1C=O. The maximum Gasteiger partial charge on any atom is 0.414 e. The van der Waals surface area contributed by atoms with Crippen LogP contribution in [0.1, 0.15) is 46.5 Å². The molecule has 0 aromatic carbocycles. The summed E-state index contributed by atoms with van der Waals surface area (Å²) in [7, 11) is -2.05. The van der Waals surface area contributed by atoms with Crippen molar-refractivity contribution < 1.29 is 18.8 Å². The topological polar surface area (TPSA) is 55.8 Å². The standard InChI is InChI=1S/C22H35NO4Si/c1-15(27-28(5,6)22(2,3)4)18-13-20(23-11-12-26-21(23)25)17-10-8-7-9-16(17)19(18)14-24/h13-14,16-19H,1,7-12H2,2-6H3/t16-,17-,18?,19+/m1/s1. The molecule has 5 nitrogen and oxygen atoms in total. The molecule has 0 radical (unpaired) electrons. The van der Waals surface area contributed by atoms with Gasteiger partial charge in [0, 0.05) is 23.5 Å². The number of cyclic esters (lactones) is 1. The van der Waals surface area contributed by atoms with Gasteiger partial charge in [-0.05, 0) is 36.9 Å². The molecule has 0 N–H and O–H groups in total. The van der Waals surface area contributed by atoms with Gasteiger partial charge in [-0.1, -0.05) is 46.3 Å². The Kier molecular flexibility index (Phi) is 5.81. The van der Waals surface area contributed by atoms with Gasteiger partial charge in [-0.15, -0.1) is 0 Å². The summed E-state index contributed by atoms with van der Waals surface area (Å²) >= 11 is 0. The first kappa shape index (κ1) is 21.2. The maximum atomic E-state index is 12.3. The molecule has 28 heavy (non-hydrogen) atoms.